The minimum absolute atomic E-state index is 0.681. The lowest BCUT2D eigenvalue weighted by Crippen LogP contribution is -1.93. The SMILES string of the molecule is CCc1ncc2ccc(C=O)cn12. The maximum absolute atomic E-state index is 10.5. The minimum atomic E-state index is 0.681. The van der Waals surface area contributed by atoms with Gasteiger partial charge in [0.1, 0.15) is 5.82 Å². The summed E-state index contributed by atoms with van der Waals surface area (Å²) in [6.45, 7) is 2.04. The van der Waals surface area contributed by atoms with Crippen molar-refractivity contribution in [3.63, 3.8) is 0 Å². The van der Waals surface area contributed by atoms with Gasteiger partial charge in [0.15, 0.2) is 6.29 Å². The summed E-state index contributed by atoms with van der Waals surface area (Å²) in [5.41, 5.74) is 1.71. The first kappa shape index (κ1) is 7.98. The predicted molar refractivity (Wildman–Crippen MR) is 50.0 cm³/mol. The molecule has 0 unspecified atom stereocenters. The molecule has 0 fully saturated rings. The van der Waals surface area contributed by atoms with Crippen LogP contribution in [0.1, 0.15) is 23.1 Å². The lowest BCUT2D eigenvalue weighted by atomic mass is 10.3. The summed E-state index contributed by atoms with van der Waals surface area (Å²) in [6, 6.07) is 3.69. The molecule has 66 valence electrons. The number of aryl methyl sites for hydroxylation is 1. The molecule has 0 N–H and O–H groups in total. The van der Waals surface area contributed by atoms with E-state index in [0.29, 0.717) is 5.56 Å². The standard InChI is InChI=1S/C10H10N2O/c1-2-10-11-5-9-4-3-8(7-13)6-12(9)10/h3-7H,2H2,1H3. The third kappa shape index (κ3) is 1.22. The highest BCUT2D eigenvalue weighted by atomic mass is 16.1. The van der Waals surface area contributed by atoms with Gasteiger partial charge in [-0.05, 0) is 12.1 Å². The van der Waals surface area contributed by atoms with E-state index in [0.717, 1.165) is 24.0 Å². The number of rotatable bonds is 2. The fourth-order valence-corrected chi connectivity index (χ4v) is 1.39. The predicted octanol–water partition coefficient (Wildman–Crippen LogP) is 1.71. The van der Waals surface area contributed by atoms with E-state index in [1.54, 1.807) is 6.07 Å². The van der Waals surface area contributed by atoms with Crippen molar-refractivity contribution in [1.82, 2.24) is 9.38 Å². The van der Waals surface area contributed by atoms with Crippen LogP contribution in [0.4, 0.5) is 0 Å². The summed E-state index contributed by atoms with van der Waals surface area (Å²) in [7, 11) is 0. The molecule has 0 aliphatic carbocycles. The van der Waals surface area contributed by atoms with Crippen molar-refractivity contribution in [1.29, 1.82) is 0 Å². The molecule has 0 amide bonds. The van der Waals surface area contributed by atoms with Gasteiger partial charge in [0.25, 0.3) is 0 Å². The first-order chi connectivity index (χ1) is 6.35. The third-order valence-electron chi connectivity index (χ3n) is 2.08. The van der Waals surface area contributed by atoms with E-state index in [-0.39, 0.29) is 0 Å². The fraction of sp³-hybridized carbons (Fsp3) is 0.200. The van der Waals surface area contributed by atoms with Gasteiger partial charge in [0.2, 0.25) is 0 Å². The number of hydrogen-bond acceptors (Lipinski definition) is 2. The zero-order valence-corrected chi connectivity index (χ0v) is 7.40. The van der Waals surface area contributed by atoms with E-state index >= 15 is 0 Å². The summed E-state index contributed by atoms with van der Waals surface area (Å²) in [6.07, 6.45) is 5.34. The second kappa shape index (κ2) is 3.01. The number of hydrogen-bond donors (Lipinski definition) is 0. The highest BCUT2D eigenvalue weighted by Crippen LogP contribution is 2.08. The molecule has 2 rings (SSSR count). The van der Waals surface area contributed by atoms with Gasteiger partial charge in [-0.1, -0.05) is 6.92 Å². The van der Waals surface area contributed by atoms with Gasteiger partial charge in [-0.25, -0.2) is 4.98 Å². The zero-order chi connectivity index (χ0) is 9.26. The molecule has 3 heteroatoms. The molecular formula is C10H10N2O. The van der Waals surface area contributed by atoms with E-state index < -0.39 is 0 Å². The van der Waals surface area contributed by atoms with Crippen molar-refractivity contribution in [2.75, 3.05) is 0 Å². The van der Waals surface area contributed by atoms with Crippen LogP contribution in [0.2, 0.25) is 0 Å². The van der Waals surface area contributed by atoms with Crippen LogP contribution in [-0.2, 0) is 6.42 Å². The Balaban J connectivity index is 2.71. The number of fused-ring (bicyclic) bond motifs is 1. The van der Waals surface area contributed by atoms with Crippen LogP contribution in [0.5, 0.6) is 0 Å². The molecule has 0 saturated carbocycles. The Kier molecular flexibility index (Phi) is 1.85. The molecular weight excluding hydrogens is 164 g/mol. The normalized spacial score (nSPS) is 10.5. The van der Waals surface area contributed by atoms with Gasteiger partial charge in [-0.15, -0.1) is 0 Å². The molecule has 0 aliphatic rings. The number of aldehydes is 1. The van der Waals surface area contributed by atoms with Crippen LogP contribution >= 0.6 is 0 Å². The van der Waals surface area contributed by atoms with Crippen LogP contribution in [0, 0.1) is 0 Å². The first-order valence-corrected chi connectivity index (χ1v) is 4.26. The van der Waals surface area contributed by atoms with Crippen molar-refractivity contribution < 1.29 is 4.79 Å². The molecule has 0 bridgehead atoms. The molecule has 0 saturated heterocycles. The van der Waals surface area contributed by atoms with Gasteiger partial charge in [-0.2, -0.15) is 0 Å². The molecule has 0 radical (unpaired) electrons. The highest BCUT2D eigenvalue weighted by Gasteiger charge is 2.00. The average molecular weight is 174 g/mol. The van der Waals surface area contributed by atoms with E-state index in [1.807, 2.05) is 29.8 Å². The Hall–Kier alpha value is -1.64. The number of carbonyl (C=O) groups is 1. The molecule has 2 heterocycles. The number of carbonyl (C=O) groups excluding carboxylic acids is 1. The summed E-state index contributed by atoms with van der Waals surface area (Å²) in [4.78, 5) is 14.8. The fourth-order valence-electron chi connectivity index (χ4n) is 1.39. The molecule has 2 aromatic heterocycles. The maximum atomic E-state index is 10.5. The van der Waals surface area contributed by atoms with Crippen LogP contribution in [0.25, 0.3) is 5.52 Å². The molecule has 13 heavy (non-hydrogen) atoms. The molecule has 0 spiro atoms. The molecule has 2 aromatic rings. The second-order valence-electron chi connectivity index (χ2n) is 2.90. The van der Waals surface area contributed by atoms with E-state index in [4.69, 9.17) is 0 Å². The van der Waals surface area contributed by atoms with Crippen molar-refractivity contribution in [2.45, 2.75) is 13.3 Å². The Bertz CT molecular complexity index is 445. The molecule has 3 nitrogen and oxygen atoms in total. The quantitative estimate of drug-likeness (QED) is 0.649. The van der Waals surface area contributed by atoms with Crippen LogP contribution in [0.3, 0.4) is 0 Å². The Morgan fingerprint density at radius 3 is 3.08 bits per heavy atom. The lowest BCUT2D eigenvalue weighted by Gasteiger charge is -1.98. The monoisotopic (exact) mass is 174 g/mol. The van der Waals surface area contributed by atoms with Crippen molar-refractivity contribution in [3.8, 4) is 0 Å². The second-order valence-corrected chi connectivity index (χ2v) is 2.90. The summed E-state index contributed by atoms with van der Waals surface area (Å²) in [5, 5.41) is 0. The van der Waals surface area contributed by atoms with Crippen molar-refractivity contribution in [2.24, 2.45) is 0 Å². The average Bonchev–Trinajstić information content (AvgIpc) is 2.59. The summed E-state index contributed by atoms with van der Waals surface area (Å²) >= 11 is 0. The number of imidazole rings is 1. The van der Waals surface area contributed by atoms with Crippen LogP contribution < -0.4 is 0 Å². The van der Waals surface area contributed by atoms with Crippen LogP contribution in [0.15, 0.2) is 24.5 Å². The van der Waals surface area contributed by atoms with Crippen molar-refractivity contribution in [3.05, 3.63) is 35.9 Å². The molecule has 0 atom stereocenters. The molecule has 0 aliphatic heterocycles. The van der Waals surface area contributed by atoms with Gasteiger partial charge < -0.3 is 4.40 Å². The topological polar surface area (TPSA) is 34.4 Å². The molecule has 0 aromatic carbocycles. The van der Waals surface area contributed by atoms with Gasteiger partial charge >= 0.3 is 0 Å². The Morgan fingerprint density at radius 1 is 1.54 bits per heavy atom. The zero-order valence-electron chi connectivity index (χ0n) is 7.40. The smallest absolute Gasteiger partial charge is 0.151 e. The first-order valence-electron chi connectivity index (χ1n) is 4.26. The van der Waals surface area contributed by atoms with Gasteiger partial charge in [0, 0.05) is 18.2 Å². The largest absolute Gasteiger partial charge is 0.303 e. The van der Waals surface area contributed by atoms with Gasteiger partial charge in [-0.3, -0.25) is 4.79 Å². The summed E-state index contributed by atoms with van der Waals surface area (Å²) < 4.78 is 1.95. The lowest BCUT2D eigenvalue weighted by molar-refractivity contribution is 0.112. The minimum Gasteiger partial charge on any atom is -0.303 e. The number of pyridine rings is 1. The van der Waals surface area contributed by atoms with Crippen LogP contribution in [-0.4, -0.2) is 15.7 Å². The Morgan fingerprint density at radius 2 is 2.38 bits per heavy atom. The van der Waals surface area contributed by atoms with E-state index in [2.05, 4.69) is 4.98 Å². The Labute approximate surface area is 76.0 Å². The highest BCUT2D eigenvalue weighted by molar-refractivity contribution is 5.75. The van der Waals surface area contributed by atoms with Gasteiger partial charge in [0.05, 0.1) is 11.7 Å². The summed E-state index contributed by atoms with van der Waals surface area (Å²) in [5.74, 6) is 0.985. The van der Waals surface area contributed by atoms with Crippen molar-refractivity contribution >= 4 is 11.8 Å². The van der Waals surface area contributed by atoms with E-state index in [9.17, 15) is 4.79 Å². The maximum Gasteiger partial charge on any atom is 0.151 e. The van der Waals surface area contributed by atoms with E-state index in [1.165, 1.54) is 0 Å². The number of aromatic nitrogens is 2. The third-order valence-corrected chi connectivity index (χ3v) is 2.08. The number of nitrogens with zero attached hydrogens (tertiary/aromatic N) is 2.